The number of carbonyl (C=O) groups excluding carboxylic acids is 1. The molecule has 2 fully saturated rings. The molecule has 1 heterocycles. The maximum atomic E-state index is 12.0. The topological polar surface area (TPSA) is 43.8 Å². The number of nitrogens with zero attached hydrogens (tertiary/aromatic N) is 2. The first-order valence-corrected chi connectivity index (χ1v) is 7.86. The van der Waals surface area contributed by atoms with Gasteiger partial charge in [0.1, 0.15) is 6.10 Å². The largest absolute Gasteiger partial charge is 0.385 e. The Morgan fingerprint density at radius 1 is 1.24 bits per heavy atom. The molecule has 3 rings (SSSR count). The molecule has 1 N–H and O–H groups in total. The van der Waals surface area contributed by atoms with Gasteiger partial charge in [-0.2, -0.15) is 0 Å². The van der Waals surface area contributed by atoms with Crippen LogP contribution in [0.1, 0.15) is 41.6 Å². The molecular formula is C17H24N2O2. The van der Waals surface area contributed by atoms with Gasteiger partial charge in [0.25, 0.3) is 0 Å². The monoisotopic (exact) mass is 288 g/mol. The number of hydrogen-bond donors (Lipinski definition) is 1. The van der Waals surface area contributed by atoms with E-state index in [0.717, 1.165) is 26.2 Å². The van der Waals surface area contributed by atoms with Gasteiger partial charge in [-0.05, 0) is 56.5 Å². The number of hydrogen-bond acceptors (Lipinski definition) is 4. The van der Waals surface area contributed by atoms with Crippen molar-refractivity contribution in [1.82, 2.24) is 4.90 Å². The lowest BCUT2D eigenvalue weighted by Gasteiger charge is -2.35. The first kappa shape index (κ1) is 14.5. The molecule has 1 saturated heterocycles. The summed E-state index contributed by atoms with van der Waals surface area (Å²) in [5, 5.41) is 9.50. The van der Waals surface area contributed by atoms with Gasteiger partial charge < -0.3 is 14.9 Å². The summed E-state index contributed by atoms with van der Waals surface area (Å²) >= 11 is 0. The molecule has 1 saturated carbocycles. The molecule has 0 spiro atoms. The van der Waals surface area contributed by atoms with Gasteiger partial charge in [0.05, 0.1) is 0 Å². The summed E-state index contributed by atoms with van der Waals surface area (Å²) in [6.07, 6.45) is 1.51. The lowest BCUT2D eigenvalue weighted by molar-refractivity contribution is 0.0779. The minimum atomic E-state index is -0.925. The molecule has 2 aliphatic rings. The molecule has 0 aromatic heterocycles. The summed E-state index contributed by atoms with van der Waals surface area (Å²) in [5.41, 5.74) is 3.23. The Morgan fingerprint density at radius 2 is 1.90 bits per heavy atom. The van der Waals surface area contributed by atoms with Crippen LogP contribution in [0.4, 0.5) is 5.69 Å². The molecule has 0 bridgehead atoms. The third-order valence-corrected chi connectivity index (χ3v) is 4.55. The zero-order valence-corrected chi connectivity index (χ0v) is 12.9. The fourth-order valence-corrected chi connectivity index (χ4v) is 3.01. The first-order chi connectivity index (χ1) is 10.1. The van der Waals surface area contributed by atoms with Crippen molar-refractivity contribution in [2.45, 2.75) is 31.8 Å². The summed E-state index contributed by atoms with van der Waals surface area (Å²) in [6, 6.07) is 5.96. The van der Waals surface area contributed by atoms with E-state index in [2.05, 4.69) is 22.9 Å². The van der Waals surface area contributed by atoms with Gasteiger partial charge in [0.15, 0.2) is 5.78 Å². The second-order valence-corrected chi connectivity index (χ2v) is 6.38. The molecule has 4 heteroatoms. The molecule has 21 heavy (non-hydrogen) atoms. The van der Waals surface area contributed by atoms with E-state index in [1.165, 1.54) is 31.0 Å². The fraction of sp³-hybridized carbons (Fsp3) is 0.588. The third-order valence-electron chi connectivity index (χ3n) is 4.55. The van der Waals surface area contributed by atoms with Gasteiger partial charge >= 0.3 is 0 Å². The van der Waals surface area contributed by atoms with Crippen molar-refractivity contribution in [2.75, 3.05) is 38.1 Å². The van der Waals surface area contributed by atoms with E-state index in [-0.39, 0.29) is 5.78 Å². The number of piperazine rings is 1. The minimum Gasteiger partial charge on any atom is -0.385 e. The van der Waals surface area contributed by atoms with E-state index in [4.69, 9.17) is 0 Å². The van der Waals surface area contributed by atoms with Gasteiger partial charge in [0, 0.05) is 37.4 Å². The lowest BCUT2D eigenvalue weighted by Crippen LogP contribution is -2.44. The van der Waals surface area contributed by atoms with E-state index >= 15 is 0 Å². The Morgan fingerprint density at radius 3 is 2.48 bits per heavy atom. The second-order valence-electron chi connectivity index (χ2n) is 6.38. The standard InChI is InChI=1S/C17H24N2O2/c1-12(20)17(21)14-5-6-16(15(11-14)13-3-4-13)19-9-7-18(2)8-10-19/h5-6,11-13,20H,3-4,7-10H2,1-2H3/t12-/m0/s1. The minimum absolute atomic E-state index is 0.179. The molecule has 0 amide bonds. The number of anilines is 1. The smallest absolute Gasteiger partial charge is 0.190 e. The maximum Gasteiger partial charge on any atom is 0.190 e. The molecule has 1 aliphatic heterocycles. The number of rotatable bonds is 4. The van der Waals surface area contributed by atoms with Crippen LogP contribution in [0.15, 0.2) is 18.2 Å². The van der Waals surface area contributed by atoms with Crippen molar-refractivity contribution in [1.29, 1.82) is 0 Å². The highest BCUT2D eigenvalue weighted by Gasteiger charge is 2.29. The van der Waals surface area contributed by atoms with Gasteiger partial charge in [0.2, 0.25) is 0 Å². The molecule has 0 unspecified atom stereocenters. The van der Waals surface area contributed by atoms with Crippen molar-refractivity contribution in [3.63, 3.8) is 0 Å². The van der Waals surface area contributed by atoms with Crippen molar-refractivity contribution in [2.24, 2.45) is 0 Å². The second kappa shape index (κ2) is 5.78. The Labute approximate surface area is 126 Å². The van der Waals surface area contributed by atoms with Crippen molar-refractivity contribution in [3.8, 4) is 0 Å². The number of likely N-dealkylation sites (N-methyl/N-ethyl adjacent to an activating group) is 1. The lowest BCUT2D eigenvalue weighted by atomic mass is 9.99. The Hall–Kier alpha value is -1.39. The fourth-order valence-electron chi connectivity index (χ4n) is 3.01. The van der Waals surface area contributed by atoms with Crippen LogP contribution >= 0.6 is 0 Å². The third kappa shape index (κ3) is 3.11. The summed E-state index contributed by atoms with van der Waals surface area (Å²) in [5.74, 6) is 0.420. The highest BCUT2D eigenvalue weighted by molar-refractivity contribution is 5.99. The predicted octanol–water partition coefficient (Wildman–Crippen LogP) is 1.88. The summed E-state index contributed by atoms with van der Waals surface area (Å²) in [4.78, 5) is 16.8. The quantitative estimate of drug-likeness (QED) is 0.859. The molecule has 1 aromatic rings. The van der Waals surface area contributed by atoms with Gasteiger partial charge in [-0.25, -0.2) is 0 Å². The van der Waals surface area contributed by atoms with Crippen LogP contribution in [-0.2, 0) is 0 Å². The zero-order chi connectivity index (χ0) is 15.0. The van der Waals surface area contributed by atoms with E-state index in [1.807, 2.05) is 12.1 Å². The van der Waals surface area contributed by atoms with E-state index < -0.39 is 6.10 Å². The molecule has 4 nitrogen and oxygen atoms in total. The summed E-state index contributed by atoms with van der Waals surface area (Å²) in [6.45, 7) is 5.78. The van der Waals surface area contributed by atoms with Gasteiger partial charge in [-0.15, -0.1) is 0 Å². The van der Waals surface area contributed by atoms with E-state index in [0.29, 0.717) is 11.5 Å². The first-order valence-electron chi connectivity index (χ1n) is 7.86. The Bertz CT molecular complexity index is 530. The number of ketones is 1. The number of carbonyl (C=O) groups is 1. The summed E-state index contributed by atoms with van der Waals surface area (Å²) in [7, 11) is 2.16. The SMILES string of the molecule is C[C@H](O)C(=O)c1ccc(N2CCN(C)CC2)c(C2CC2)c1. The molecule has 114 valence electrons. The van der Waals surface area contributed by atoms with Crippen molar-refractivity contribution in [3.05, 3.63) is 29.3 Å². The van der Waals surface area contributed by atoms with E-state index in [9.17, 15) is 9.90 Å². The Balaban J connectivity index is 1.88. The number of aliphatic hydroxyl groups is 1. The van der Waals surface area contributed by atoms with Crippen LogP contribution in [0.3, 0.4) is 0 Å². The molecule has 1 atom stereocenters. The highest BCUT2D eigenvalue weighted by atomic mass is 16.3. The average molecular weight is 288 g/mol. The van der Waals surface area contributed by atoms with Crippen molar-refractivity contribution >= 4 is 11.5 Å². The highest BCUT2D eigenvalue weighted by Crippen LogP contribution is 2.45. The predicted molar refractivity (Wildman–Crippen MR) is 84.1 cm³/mol. The van der Waals surface area contributed by atoms with Crippen LogP contribution < -0.4 is 4.90 Å². The van der Waals surface area contributed by atoms with Crippen LogP contribution in [0, 0.1) is 0 Å². The normalized spacial score (nSPS) is 21.4. The van der Waals surface area contributed by atoms with Crippen LogP contribution in [0.25, 0.3) is 0 Å². The number of benzene rings is 1. The number of Topliss-reactive ketones (excluding diaryl/α,β-unsaturated/α-hetero) is 1. The molecule has 0 radical (unpaired) electrons. The van der Waals surface area contributed by atoms with Crippen LogP contribution in [0.2, 0.25) is 0 Å². The summed E-state index contributed by atoms with van der Waals surface area (Å²) < 4.78 is 0. The average Bonchev–Trinajstić information content (AvgIpc) is 3.31. The van der Waals surface area contributed by atoms with Gasteiger partial charge in [-0.1, -0.05) is 0 Å². The molecule has 1 aromatic carbocycles. The molecule has 1 aliphatic carbocycles. The Kier molecular flexibility index (Phi) is 4.00. The maximum absolute atomic E-state index is 12.0. The van der Waals surface area contributed by atoms with Crippen LogP contribution in [-0.4, -0.2) is 55.1 Å². The zero-order valence-electron chi connectivity index (χ0n) is 12.9. The van der Waals surface area contributed by atoms with Gasteiger partial charge in [-0.3, -0.25) is 4.79 Å². The number of aliphatic hydroxyl groups excluding tert-OH is 1. The van der Waals surface area contributed by atoms with Crippen molar-refractivity contribution < 1.29 is 9.90 Å². The molecular weight excluding hydrogens is 264 g/mol. The van der Waals surface area contributed by atoms with E-state index in [1.54, 1.807) is 0 Å². The van der Waals surface area contributed by atoms with Crippen LogP contribution in [0.5, 0.6) is 0 Å².